The van der Waals surface area contributed by atoms with E-state index in [1.165, 1.54) is 19.4 Å². The molecule has 0 aromatic rings. The SMILES string of the molecule is CCCC(C)N(CCBr)C(C)C. The van der Waals surface area contributed by atoms with Gasteiger partial charge in [0.05, 0.1) is 0 Å². The van der Waals surface area contributed by atoms with E-state index in [2.05, 4.69) is 48.5 Å². The molecule has 0 saturated carbocycles. The minimum absolute atomic E-state index is 0.670. The molecule has 0 spiro atoms. The Morgan fingerprint density at radius 3 is 2.17 bits per heavy atom. The molecule has 0 aromatic carbocycles. The normalized spacial score (nSPS) is 14.2. The van der Waals surface area contributed by atoms with Crippen molar-refractivity contribution in [2.45, 2.75) is 52.6 Å². The summed E-state index contributed by atoms with van der Waals surface area (Å²) in [5.41, 5.74) is 0. The highest BCUT2D eigenvalue weighted by Crippen LogP contribution is 2.10. The lowest BCUT2D eigenvalue weighted by Crippen LogP contribution is -2.39. The zero-order valence-corrected chi connectivity index (χ0v) is 10.4. The van der Waals surface area contributed by atoms with Gasteiger partial charge in [-0.2, -0.15) is 0 Å². The van der Waals surface area contributed by atoms with Crippen LogP contribution < -0.4 is 0 Å². The second-order valence-electron chi connectivity index (χ2n) is 3.66. The quantitative estimate of drug-likeness (QED) is 0.640. The number of hydrogen-bond donors (Lipinski definition) is 0. The maximum Gasteiger partial charge on any atom is 0.0159 e. The summed E-state index contributed by atoms with van der Waals surface area (Å²) in [5.74, 6) is 0. The van der Waals surface area contributed by atoms with Crippen LogP contribution in [0.4, 0.5) is 0 Å². The first kappa shape index (κ1) is 12.4. The van der Waals surface area contributed by atoms with Gasteiger partial charge in [0.1, 0.15) is 0 Å². The Balaban J connectivity index is 3.90. The van der Waals surface area contributed by atoms with Crippen molar-refractivity contribution in [2.24, 2.45) is 0 Å². The van der Waals surface area contributed by atoms with Crippen molar-refractivity contribution in [3.05, 3.63) is 0 Å². The van der Waals surface area contributed by atoms with E-state index in [-0.39, 0.29) is 0 Å². The smallest absolute Gasteiger partial charge is 0.0159 e. The Kier molecular flexibility index (Phi) is 7.16. The van der Waals surface area contributed by atoms with E-state index in [1.54, 1.807) is 0 Å². The van der Waals surface area contributed by atoms with E-state index in [9.17, 15) is 0 Å². The van der Waals surface area contributed by atoms with Crippen molar-refractivity contribution in [1.82, 2.24) is 4.90 Å². The van der Waals surface area contributed by atoms with Crippen LogP contribution in [0.3, 0.4) is 0 Å². The van der Waals surface area contributed by atoms with Crippen molar-refractivity contribution >= 4 is 15.9 Å². The highest BCUT2D eigenvalue weighted by molar-refractivity contribution is 9.09. The second-order valence-corrected chi connectivity index (χ2v) is 4.45. The zero-order valence-electron chi connectivity index (χ0n) is 8.81. The van der Waals surface area contributed by atoms with Crippen LogP contribution in [-0.2, 0) is 0 Å². The molecule has 0 radical (unpaired) electrons. The molecular formula is C10H22BrN. The number of halogens is 1. The maximum absolute atomic E-state index is 3.50. The minimum atomic E-state index is 0.670. The van der Waals surface area contributed by atoms with Gasteiger partial charge in [0.15, 0.2) is 0 Å². The average Bonchev–Trinajstić information content (AvgIpc) is 1.99. The van der Waals surface area contributed by atoms with Crippen LogP contribution in [0.15, 0.2) is 0 Å². The van der Waals surface area contributed by atoms with Gasteiger partial charge in [0.25, 0.3) is 0 Å². The molecule has 0 aliphatic rings. The van der Waals surface area contributed by atoms with Crippen LogP contribution in [0.25, 0.3) is 0 Å². The molecule has 0 bridgehead atoms. The van der Waals surface area contributed by atoms with E-state index >= 15 is 0 Å². The molecule has 0 saturated heterocycles. The third kappa shape index (κ3) is 4.46. The summed E-state index contributed by atoms with van der Waals surface area (Å²) in [6, 6.07) is 1.40. The zero-order chi connectivity index (χ0) is 9.56. The molecule has 0 N–H and O–H groups in total. The lowest BCUT2D eigenvalue weighted by atomic mass is 10.1. The van der Waals surface area contributed by atoms with Gasteiger partial charge in [0, 0.05) is 24.0 Å². The van der Waals surface area contributed by atoms with Crippen LogP contribution in [0.5, 0.6) is 0 Å². The largest absolute Gasteiger partial charge is 0.297 e. The molecule has 0 aliphatic carbocycles. The highest BCUT2D eigenvalue weighted by Gasteiger charge is 2.14. The van der Waals surface area contributed by atoms with Crippen LogP contribution in [0, 0.1) is 0 Å². The first-order valence-electron chi connectivity index (χ1n) is 4.95. The monoisotopic (exact) mass is 235 g/mol. The Bertz CT molecular complexity index is 104. The predicted molar refractivity (Wildman–Crippen MR) is 60.0 cm³/mol. The maximum atomic E-state index is 3.50. The first-order valence-corrected chi connectivity index (χ1v) is 6.07. The van der Waals surface area contributed by atoms with Crippen molar-refractivity contribution in [3.8, 4) is 0 Å². The van der Waals surface area contributed by atoms with Crippen molar-refractivity contribution in [1.29, 1.82) is 0 Å². The fourth-order valence-corrected chi connectivity index (χ4v) is 2.08. The molecule has 12 heavy (non-hydrogen) atoms. The minimum Gasteiger partial charge on any atom is -0.297 e. The van der Waals surface area contributed by atoms with Gasteiger partial charge in [0.2, 0.25) is 0 Å². The highest BCUT2D eigenvalue weighted by atomic mass is 79.9. The van der Waals surface area contributed by atoms with Crippen LogP contribution in [0.2, 0.25) is 0 Å². The van der Waals surface area contributed by atoms with Crippen molar-refractivity contribution < 1.29 is 0 Å². The van der Waals surface area contributed by atoms with Gasteiger partial charge in [-0.25, -0.2) is 0 Å². The van der Waals surface area contributed by atoms with Crippen LogP contribution >= 0.6 is 15.9 Å². The molecule has 0 fully saturated rings. The van der Waals surface area contributed by atoms with Gasteiger partial charge in [-0.3, -0.25) is 4.90 Å². The number of nitrogens with zero attached hydrogens (tertiary/aromatic N) is 1. The summed E-state index contributed by atoms with van der Waals surface area (Å²) in [4.78, 5) is 2.55. The van der Waals surface area contributed by atoms with Gasteiger partial charge in [-0.05, 0) is 27.2 Å². The van der Waals surface area contributed by atoms with Crippen LogP contribution in [-0.4, -0.2) is 28.9 Å². The third-order valence-electron chi connectivity index (χ3n) is 2.28. The van der Waals surface area contributed by atoms with Gasteiger partial charge >= 0.3 is 0 Å². The van der Waals surface area contributed by atoms with E-state index in [4.69, 9.17) is 0 Å². The van der Waals surface area contributed by atoms with Crippen molar-refractivity contribution in [3.63, 3.8) is 0 Å². The topological polar surface area (TPSA) is 3.24 Å². The number of hydrogen-bond acceptors (Lipinski definition) is 1. The molecule has 1 atom stereocenters. The first-order chi connectivity index (χ1) is 5.63. The molecule has 1 nitrogen and oxygen atoms in total. The Morgan fingerprint density at radius 1 is 1.25 bits per heavy atom. The summed E-state index contributed by atoms with van der Waals surface area (Å²) in [7, 11) is 0. The summed E-state index contributed by atoms with van der Waals surface area (Å²) >= 11 is 3.50. The summed E-state index contributed by atoms with van der Waals surface area (Å²) in [5, 5.41) is 1.08. The standard InChI is InChI=1S/C10H22BrN/c1-5-6-10(4)12(8-7-11)9(2)3/h9-10H,5-8H2,1-4H3. The van der Waals surface area contributed by atoms with Gasteiger partial charge < -0.3 is 0 Å². The Hall–Kier alpha value is 0.440. The molecule has 74 valence electrons. The molecule has 0 amide bonds. The average molecular weight is 236 g/mol. The molecule has 2 heteroatoms. The lowest BCUT2D eigenvalue weighted by Gasteiger charge is -2.32. The number of rotatable bonds is 6. The Morgan fingerprint density at radius 2 is 1.83 bits per heavy atom. The third-order valence-corrected chi connectivity index (χ3v) is 2.63. The van der Waals surface area contributed by atoms with E-state index < -0.39 is 0 Å². The summed E-state index contributed by atoms with van der Waals surface area (Å²) in [6.07, 6.45) is 2.60. The molecule has 0 aromatic heterocycles. The van der Waals surface area contributed by atoms with Crippen LogP contribution in [0.1, 0.15) is 40.5 Å². The van der Waals surface area contributed by atoms with E-state index in [0.717, 1.165) is 11.4 Å². The fraction of sp³-hybridized carbons (Fsp3) is 1.00. The fourth-order valence-electron chi connectivity index (χ4n) is 1.67. The molecular weight excluding hydrogens is 214 g/mol. The molecule has 1 unspecified atom stereocenters. The molecule has 0 rings (SSSR count). The molecule has 0 aliphatic heterocycles. The molecule has 0 heterocycles. The van der Waals surface area contributed by atoms with Gasteiger partial charge in [-0.1, -0.05) is 29.3 Å². The predicted octanol–water partition coefficient (Wildman–Crippen LogP) is 3.28. The Labute approximate surface area is 85.7 Å². The second kappa shape index (κ2) is 6.90. The summed E-state index contributed by atoms with van der Waals surface area (Å²) < 4.78 is 0. The van der Waals surface area contributed by atoms with Crippen molar-refractivity contribution in [2.75, 3.05) is 11.9 Å². The lowest BCUT2D eigenvalue weighted by molar-refractivity contribution is 0.167. The van der Waals surface area contributed by atoms with Gasteiger partial charge in [-0.15, -0.1) is 0 Å². The van der Waals surface area contributed by atoms with E-state index in [0.29, 0.717) is 6.04 Å². The van der Waals surface area contributed by atoms with E-state index in [1.807, 2.05) is 0 Å². The summed E-state index contributed by atoms with van der Waals surface area (Å²) in [6.45, 7) is 10.3. The number of alkyl halides is 1.